The van der Waals surface area contributed by atoms with Crippen LogP contribution in [0.25, 0.3) is 6.08 Å². The molecule has 72 valence electrons. The van der Waals surface area contributed by atoms with Crippen molar-refractivity contribution in [3.63, 3.8) is 0 Å². The molecule has 1 heteroatoms. The summed E-state index contributed by atoms with van der Waals surface area (Å²) in [5, 5.41) is 0. The second kappa shape index (κ2) is 7.09. The molecule has 0 N–H and O–H groups in total. The molecule has 13 heavy (non-hydrogen) atoms. The molecule has 0 spiro atoms. The predicted molar refractivity (Wildman–Crippen MR) is 54.5 cm³/mol. The maximum absolute atomic E-state index is 5.36. The minimum Gasteiger partial charge on any atom is -0.358 e. The summed E-state index contributed by atoms with van der Waals surface area (Å²) >= 11 is 0. The third kappa shape index (κ3) is 4.43. The van der Waals surface area contributed by atoms with Crippen LogP contribution in [0.1, 0.15) is 30.9 Å². The van der Waals surface area contributed by atoms with Crippen molar-refractivity contribution in [2.45, 2.75) is 19.8 Å². The quantitative estimate of drug-likeness (QED) is 0.721. The van der Waals surface area contributed by atoms with Gasteiger partial charge in [-0.1, -0.05) is 13.8 Å². The molecule has 0 saturated carbocycles. The molecule has 0 amide bonds. The molecule has 1 rings (SSSR count). The van der Waals surface area contributed by atoms with E-state index in [2.05, 4.69) is 32.0 Å². The normalized spacial score (nSPS) is 8.54. The van der Waals surface area contributed by atoms with E-state index in [4.69, 9.17) is 6.58 Å². The Hall–Kier alpha value is -0.352. The fraction of sp³-hybridized carbons (Fsp3) is 0.250. The van der Waals surface area contributed by atoms with E-state index in [9.17, 15) is 0 Å². The van der Waals surface area contributed by atoms with E-state index in [0.717, 1.165) is 5.56 Å². The Bertz CT molecular complexity index is 251. The van der Waals surface area contributed by atoms with E-state index in [1.54, 1.807) is 6.08 Å². The van der Waals surface area contributed by atoms with Crippen molar-refractivity contribution in [3.8, 4) is 0 Å². The minimum absolute atomic E-state index is 0. The topological polar surface area (TPSA) is 0 Å². The van der Waals surface area contributed by atoms with Gasteiger partial charge in [-0.15, -0.1) is 11.6 Å². The molecule has 0 aliphatic carbocycles. The summed E-state index contributed by atoms with van der Waals surface area (Å²) in [7, 11) is 0. The molecule has 1 aromatic carbocycles. The van der Waals surface area contributed by atoms with Gasteiger partial charge < -0.3 is 25.6 Å². The maximum Gasteiger partial charge on any atom is 0 e. The van der Waals surface area contributed by atoms with Gasteiger partial charge in [0, 0.05) is 21.1 Å². The SMILES string of the molecule is [CH-]=Cc1[c-]ccc(C(C)C)c1.[CH3-].[W]. The van der Waals surface area contributed by atoms with Crippen LogP contribution in [0.2, 0.25) is 0 Å². The van der Waals surface area contributed by atoms with Crippen molar-refractivity contribution < 1.29 is 21.1 Å². The molecule has 0 aliphatic heterocycles. The standard InChI is InChI=1S/C11H12.CH3.W/c1-4-10-6-5-7-11(8-10)9(2)3;;/h1,4-5,7-9H,2-3H3;1H3;/q-2;-1;. The first-order chi connectivity index (χ1) is 5.24. The van der Waals surface area contributed by atoms with Crippen LogP contribution in [-0.2, 0) is 21.1 Å². The number of rotatable bonds is 2. The third-order valence-corrected chi connectivity index (χ3v) is 1.69. The monoisotopic (exact) mass is 343 g/mol. The van der Waals surface area contributed by atoms with E-state index < -0.39 is 0 Å². The predicted octanol–water partition coefficient (Wildman–Crippen LogP) is 3.50. The van der Waals surface area contributed by atoms with Crippen LogP contribution in [0.4, 0.5) is 0 Å². The van der Waals surface area contributed by atoms with E-state index in [1.807, 2.05) is 6.07 Å². The molecule has 0 saturated heterocycles. The molecule has 0 unspecified atom stereocenters. The second-order valence-corrected chi connectivity index (χ2v) is 2.90. The molecular formula is C12H15W-3. The van der Waals surface area contributed by atoms with Crippen LogP contribution in [0.5, 0.6) is 0 Å². The fourth-order valence-corrected chi connectivity index (χ4v) is 0.959. The van der Waals surface area contributed by atoms with Gasteiger partial charge in [-0.25, -0.2) is 12.1 Å². The fourth-order valence-electron chi connectivity index (χ4n) is 0.959. The first-order valence-corrected chi connectivity index (χ1v) is 3.80. The second-order valence-electron chi connectivity index (χ2n) is 2.90. The van der Waals surface area contributed by atoms with Gasteiger partial charge in [0.25, 0.3) is 0 Å². The average molecular weight is 343 g/mol. The largest absolute Gasteiger partial charge is 0.358 e. The van der Waals surface area contributed by atoms with Gasteiger partial charge >= 0.3 is 0 Å². The van der Waals surface area contributed by atoms with Gasteiger partial charge in [-0.2, -0.15) is 6.07 Å². The summed E-state index contributed by atoms with van der Waals surface area (Å²) in [4.78, 5) is 0. The molecule has 0 aliphatic rings. The van der Waals surface area contributed by atoms with Crippen molar-refractivity contribution in [3.05, 3.63) is 49.4 Å². The average Bonchev–Trinajstić information content (AvgIpc) is 2.05. The van der Waals surface area contributed by atoms with Crippen LogP contribution in [0, 0.1) is 20.1 Å². The van der Waals surface area contributed by atoms with Crippen molar-refractivity contribution in [2.75, 3.05) is 0 Å². The Kier molecular flexibility index (Phi) is 8.26. The molecule has 1 aromatic rings. The molecule has 0 heterocycles. The molecule has 0 fully saturated rings. The molecule has 0 bridgehead atoms. The van der Waals surface area contributed by atoms with Gasteiger partial charge in [0.1, 0.15) is 0 Å². The van der Waals surface area contributed by atoms with E-state index >= 15 is 0 Å². The number of hydrogen-bond acceptors (Lipinski definition) is 0. The molecule has 0 atom stereocenters. The Labute approximate surface area is 96.3 Å². The van der Waals surface area contributed by atoms with Crippen LogP contribution < -0.4 is 0 Å². The summed E-state index contributed by atoms with van der Waals surface area (Å²) < 4.78 is 0. The van der Waals surface area contributed by atoms with E-state index in [-0.39, 0.29) is 28.5 Å². The summed E-state index contributed by atoms with van der Waals surface area (Å²) in [6, 6.07) is 9.07. The van der Waals surface area contributed by atoms with E-state index in [0.29, 0.717) is 5.92 Å². The first-order valence-electron chi connectivity index (χ1n) is 3.80. The van der Waals surface area contributed by atoms with Gasteiger partial charge in [-0.05, 0) is 5.92 Å². The third-order valence-electron chi connectivity index (χ3n) is 1.69. The molecular weight excluding hydrogens is 328 g/mol. The zero-order valence-corrected chi connectivity index (χ0v) is 11.3. The summed E-state index contributed by atoms with van der Waals surface area (Å²) in [6.45, 7) is 9.69. The smallest absolute Gasteiger partial charge is 0 e. The van der Waals surface area contributed by atoms with Crippen LogP contribution in [0.15, 0.2) is 18.2 Å². The summed E-state index contributed by atoms with van der Waals surface area (Å²) in [5.74, 6) is 0.559. The summed E-state index contributed by atoms with van der Waals surface area (Å²) in [5.41, 5.74) is 2.27. The van der Waals surface area contributed by atoms with Crippen molar-refractivity contribution in [2.24, 2.45) is 0 Å². The zero-order chi connectivity index (χ0) is 8.27. The zero-order valence-electron chi connectivity index (χ0n) is 8.37. The number of hydrogen-bond donors (Lipinski definition) is 0. The van der Waals surface area contributed by atoms with Crippen LogP contribution >= 0.6 is 0 Å². The van der Waals surface area contributed by atoms with Crippen LogP contribution in [0.3, 0.4) is 0 Å². The maximum atomic E-state index is 5.36. The Morgan fingerprint density at radius 2 is 2.08 bits per heavy atom. The van der Waals surface area contributed by atoms with Crippen molar-refractivity contribution in [1.82, 2.24) is 0 Å². The Balaban J connectivity index is 0. The molecule has 0 radical (unpaired) electrons. The van der Waals surface area contributed by atoms with E-state index in [1.165, 1.54) is 5.56 Å². The molecule has 0 nitrogen and oxygen atoms in total. The van der Waals surface area contributed by atoms with Gasteiger partial charge in [0.2, 0.25) is 0 Å². The first kappa shape index (κ1) is 15.1. The van der Waals surface area contributed by atoms with Crippen molar-refractivity contribution >= 4 is 6.08 Å². The van der Waals surface area contributed by atoms with Crippen molar-refractivity contribution in [1.29, 1.82) is 0 Å². The van der Waals surface area contributed by atoms with Gasteiger partial charge in [0.15, 0.2) is 0 Å². The Morgan fingerprint density at radius 1 is 1.46 bits per heavy atom. The minimum atomic E-state index is 0. The van der Waals surface area contributed by atoms with Gasteiger partial charge in [-0.3, -0.25) is 0 Å². The Morgan fingerprint density at radius 3 is 2.54 bits per heavy atom. The molecule has 0 aromatic heterocycles. The van der Waals surface area contributed by atoms with Crippen LogP contribution in [-0.4, -0.2) is 0 Å². The number of benzene rings is 1. The summed E-state index contributed by atoms with van der Waals surface area (Å²) in [6.07, 6.45) is 1.58. The van der Waals surface area contributed by atoms with Gasteiger partial charge in [0.05, 0.1) is 0 Å².